The first-order valence-corrected chi connectivity index (χ1v) is 8.23. The first-order chi connectivity index (χ1) is 9.70. The van der Waals surface area contributed by atoms with Crippen molar-refractivity contribution >= 4 is 11.6 Å². The predicted octanol–water partition coefficient (Wildman–Crippen LogP) is 4.83. The van der Waals surface area contributed by atoms with Crippen LogP contribution in [0, 0.1) is 17.7 Å². The van der Waals surface area contributed by atoms with Gasteiger partial charge in [-0.15, -0.1) is 0 Å². The van der Waals surface area contributed by atoms with Crippen LogP contribution in [0.3, 0.4) is 0 Å². The molecule has 0 aromatic heterocycles. The van der Waals surface area contributed by atoms with Crippen molar-refractivity contribution in [2.75, 3.05) is 13.1 Å². The van der Waals surface area contributed by atoms with Gasteiger partial charge in [-0.3, -0.25) is 0 Å². The van der Waals surface area contributed by atoms with Crippen molar-refractivity contribution in [2.24, 2.45) is 11.8 Å². The molecule has 20 heavy (non-hydrogen) atoms. The predicted molar refractivity (Wildman–Crippen MR) is 83.7 cm³/mol. The second-order valence-electron chi connectivity index (χ2n) is 5.96. The highest BCUT2D eigenvalue weighted by Gasteiger charge is 2.25. The topological polar surface area (TPSA) is 12.0 Å². The fraction of sp³-hybridized carbons (Fsp3) is 0.647. The smallest absolute Gasteiger partial charge is 0.141 e. The van der Waals surface area contributed by atoms with Crippen LogP contribution in [-0.2, 0) is 6.42 Å². The Balaban J connectivity index is 1.99. The molecule has 0 radical (unpaired) electrons. The van der Waals surface area contributed by atoms with E-state index in [1.807, 2.05) is 6.07 Å². The van der Waals surface area contributed by atoms with Crippen molar-refractivity contribution in [1.82, 2.24) is 5.32 Å². The molecule has 1 aliphatic rings. The van der Waals surface area contributed by atoms with Crippen LogP contribution in [0.4, 0.5) is 4.39 Å². The van der Waals surface area contributed by atoms with Gasteiger partial charge in [-0.1, -0.05) is 50.3 Å². The lowest BCUT2D eigenvalue weighted by atomic mass is 9.85. The van der Waals surface area contributed by atoms with Gasteiger partial charge in [0.15, 0.2) is 0 Å². The molecule has 0 heterocycles. The fourth-order valence-electron chi connectivity index (χ4n) is 3.27. The second kappa shape index (κ2) is 7.99. The van der Waals surface area contributed by atoms with Crippen LogP contribution in [0.5, 0.6) is 0 Å². The molecule has 3 heteroatoms. The molecule has 1 N–H and O–H groups in total. The Hall–Kier alpha value is -0.600. The van der Waals surface area contributed by atoms with Crippen LogP contribution in [0.2, 0.25) is 5.02 Å². The van der Waals surface area contributed by atoms with Gasteiger partial charge in [-0.25, -0.2) is 4.39 Å². The lowest BCUT2D eigenvalue weighted by Gasteiger charge is -2.24. The van der Waals surface area contributed by atoms with Gasteiger partial charge in [-0.2, -0.15) is 0 Å². The molecule has 1 atom stereocenters. The van der Waals surface area contributed by atoms with E-state index in [1.165, 1.54) is 38.2 Å². The van der Waals surface area contributed by atoms with Crippen LogP contribution in [0.1, 0.15) is 44.6 Å². The van der Waals surface area contributed by atoms with E-state index in [1.54, 1.807) is 6.07 Å². The maximum Gasteiger partial charge on any atom is 0.141 e. The summed E-state index contributed by atoms with van der Waals surface area (Å²) < 4.78 is 13.2. The summed E-state index contributed by atoms with van der Waals surface area (Å²) in [5, 5.41) is 3.80. The van der Waals surface area contributed by atoms with E-state index in [0.29, 0.717) is 5.92 Å². The first-order valence-electron chi connectivity index (χ1n) is 7.85. The van der Waals surface area contributed by atoms with Gasteiger partial charge in [0.25, 0.3) is 0 Å². The zero-order valence-electron chi connectivity index (χ0n) is 12.3. The molecule has 112 valence electrons. The minimum absolute atomic E-state index is 0.245. The van der Waals surface area contributed by atoms with Crippen molar-refractivity contribution in [3.8, 4) is 0 Å². The van der Waals surface area contributed by atoms with E-state index in [-0.39, 0.29) is 10.8 Å². The molecule has 1 unspecified atom stereocenters. The summed E-state index contributed by atoms with van der Waals surface area (Å²) in [5.41, 5.74) is 1.16. The van der Waals surface area contributed by atoms with Gasteiger partial charge in [-0.05, 0) is 55.5 Å². The van der Waals surface area contributed by atoms with Gasteiger partial charge in [0, 0.05) is 0 Å². The van der Waals surface area contributed by atoms with E-state index < -0.39 is 0 Å². The van der Waals surface area contributed by atoms with Gasteiger partial charge < -0.3 is 5.32 Å². The Kier molecular flexibility index (Phi) is 6.31. The van der Waals surface area contributed by atoms with Crippen LogP contribution >= 0.6 is 11.6 Å². The summed E-state index contributed by atoms with van der Waals surface area (Å²) in [6, 6.07) is 5.16. The summed E-state index contributed by atoms with van der Waals surface area (Å²) >= 11 is 5.89. The summed E-state index contributed by atoms with van der Waals surface area (Å²) in [6.45, 7) is 4.33. The monoisotopic (exact) mass is 297 g/mol. The maximum absolute atomic E-state index is 13.2. The van der Waals surface area contributed by atoms with Crippen LogP contribution in [0.15, 0.2) is 18.2 Å². The molecular formula is C17H25ClFN. The molecule has 0 spiro atoms. The Morgan fingerprint density at radius 1 is 1.35 bits per heavy atom. The Bertz CT molecular complexity index is 415. The highest BCUT2D eigenvalue weighted by Crippen LogP contribution is 2.33. The lowest BCUT2D eigenvalue weighted by molar-refractivity contribution is 0.321. The van der Waals surface area contributed by atoms with Crippen LogP contribution in [-0.4, -0.2) is 13.1 Å². The molecule has 0 saturated heterocycles. The maximum atomic E-state index is 13.2. The van der Waals surface area contributed by atoms with Crippen molar-refractivity contribution in [1.29, 1.82) is 0 Å². The van der Waals surface area contributed by atoms with Gasteiger partial charge >= 0.3 is 0 Å². The highest BCUT2D eigenvalue weighted by atomic mass is 35.5. The summed E-state index contributed by atoms with van der Waals surface area (Å²) in [5.74, 6) is 1.13. The van der Waals surface area contributed by atoms with Crippen LogP contribution < -0.4 is 5.32 Å². The minimum Gasteiger partial charge on any atom is -0.316 e. The van der Waals surface area contributed by atoms with E-state index in [9.17, 15) is 4.39 Å². The quantitative estimate of drug-likeness (QED) is 0.711. The zero-order valence-corrected chi connectivity index (χ0v) is 13.1. The van der Waals surface area contributed by atoms with Crippen molar-refractivity contribution in [3.63, 3.8) is 0 Å². The average Bonchev–Trinajstić information content (AvgIpc) is 2.96. The molecule has 2 rings (SSSR count). The Morgan fingerprint density at radius 3 is 2.75 bits per heavy atom. The van der Waals surface area contributed by atoms with Gasteiger partial charge in [0.2, 0.25) is 0 Å². The average molecular weight is 298 g/mol. The number of halogens is 2. The molecule has 0 amide bonds. The molecule has 1 nitrogen and oxygen atoms in total. The van der Waals surface area contributed by atoms with E-state index in [2.05, 4.69) is 12.2 Å². The SMILES string of the molecule is CCCNCC(Cc1ccc(F)c(Cl)c1)C1CCCC1. The van der Waals surface area contributed by atoms with E-state index in [4.69, 9.17) is 11.6 Å². The first kappa shape index (κ1) is 15.8. The number of benzene rings is 1. The van der Waals surface area contributed by atoms with E-state index >= 15 is 0 Å². The highest BCUT2D eigenvalue weighted by molar-refractivity contribution is 6.30. The Labute approximate surface area is 126 Å². The fourth-order valence-corrected chi connectivity index (χ4v) is 3.47. The van der Waals surface area contributed by atoms with E-state index in [0.717, 1.165) is 31.0 Å². The standard InChI is InChI=1S/C17H25ClFN/c1-2-9-20-12-15(14-5-3-4-6-14)10-13-7-8-17(19)16(18)11-13/h7-8,11,14-15,20H,2-6,9-10,12H2,1H3. The summed E-state index contributed by atoms with van der Waals surface area (Å²) in [4.78, 5) is 0. The van der Waals surface area contributed by atoms with Crippen LogP contribution in [0.25, 0.3) is 0 Å². The third-order valence-electron chi connectivity index (χ3n) is 4.38. The molecule has 1 aromatic carbocycles. The van der Waals surface area contributed by atoms with Crippen molar-refractivity contribution < 1.29 is 4.39 Å². The lowest BCUT2D eigenvalue weighted by Crippen LogP contribution is -2.29. The summed E-state index contributed by atoms with van der Waals surface area (Å²) in [7, 11) is 0. The molecule has 0 bridgehead atoms. The number of nitrogens with one attached hydrogen (secondary N) is 1. The third kappa shape index (κ3) is 4.46. The molecule has 1 fully saturated rings. The number of rotatable bonds is 7. The van der Waals surface area contributed by atoms with Crippen molar-refractivity contribution in [3.05, 3.63) is 34.6 Å². The van der Waals surface area contributed by atoms with Crippen molar-refractivity contribution in [2.45, 2.75) is 45.4 Å². The number of hydrogen-bond donors (Lipinski definition) is 1. The molecule has 1 saturated carbocycles. The number of hydrogen-bond acceptors (Lipinski definition) is 1. The summed E-state index contributed by atoms with van der Waals surface area (Å²) in [6.07, 6.45) is 7.57. The normalized spacial score (nSPS) is 17.6. The molecule has 1 aromatic rings. The Morgan fingerprint density at radius 2 is 2.10 bits per heavy atom. The van der Waals surface area contributed by atoms with Gasteiger partial charge in [0.1, 0.15) is 5.82 Å². The molecular weight excluding hydrogens is 273 g/mol. The minimum atomic E-state index is -0.322. The second-order valence-corrected chi connectivity index (χ2v) is 6.37. The largest absolute Gasteiger partial charge is 0.316 e. The van der Waals surface area contributed by atoms with Gasteiger partial charge in [0.05, 0.1) is 5.02 Å². The third-order valence-corrected chi connectivity index (χ3v) is 4.67. The molecule has 0 aliphatic heterocycles. The zero-order chi connectivity index (χ0) is 14.4. The molecule has 1 aliphatic carbocycles.